The number of hydrogen-bond acceptors (Lipinski definition) is 4. The van der Waals surface area contributed by atoms with Crippen molar-refractivity contribution in [2.24, 2.45) is 5.92 Å². The molecule has 0 radical (unpaired) electrons. The summed E-state index contributed by atoms with van der Waals surface area (Å²) >= 11 is 0. The van der Waals surface area contributed by atoms with Gasteiger partial charge in [0.15, 0.2) is 0 Å². The fourth-order valence-corrected chi connectivity index (χ4v) is 3.29. The van der Waals surface area contributed by atoms with Gasteiger partial charge >= 0.3 is 6.09 Å². The van der Waals surface area contributed by atoms with Crippen LogP contribution in [0.5, 0.6) is 0 Å². The Bertz CT molecular complexity index is 348. The van der Waals surface area contributed by atoms with Crippen LogP contribution in [-0.4, -0.2) is 41.5 Å². The van der Waals surface area contributed by atoms with E-state index in [1.807, 2.05) is 20.8 Å². The molecule has 0 saturated heterocycles. The maximum Gasteiger partial charge on any atom is 0.407 e. The summed E-state index contributed by atoms with van der Waals surface area (Å²) in [5.41, 5.74) is -0.443. The number of nitrogens with one attached hydrogen (secondary N) is 2. The minimum absolute atomic E-state index is 0.216. The molecule has 2 atom stereocenters. The first kappa shape index (κ1) is 16.6. The van der Waals surface area contributed by atoms with Crippen molar-refractivity contribution in [2.75, 3.05) is 6.61 Å². The molecule has 2 rings (SSSR count). The predicted molar refractivity (Wildman–Crippen MR) is 82.1 cm³/mol. The summed E-state index contributed by atoms with van der Waals surface area (Å²) in [4.78, 5) is 11.7. The smallest absolute Gasteiger partial charge is 0.407 e. The molecule has 0 spiro atoms. The van der Waals surface area contributed by atoms with E-state index in [1.165, 1.54) is 12.8 Å². The molecule has 0 aromatic heterocycles. The van der Waals surface area contributed by atoms with Gasteiger partial charge in [-0.2, -0.15) is 0 Å². The average Bonchev–Trinajstić information content (AvgIpc) is 2.34. The second kappa shape index (κ2) is 6.97. The Morgan fingerprint density at radius 2 is 1.86 bits per heavy atom. The molecule has 0 aliphatic heterocycles. The molecule has 0 aromatic rings. The van der Waals surface area contributed by atoms with E-state index >= 15 is 0 Å². The van der Waals surface area contributed by atoms with Crippen LogP contribution in [0.4, 0.5) is 4.79 Å². The van der Waals surface area contributed by atoms with E-state index in [4.69, 9.17) is 4.74 Å². The first-order valence-corrected chi connectivity index (χ1v) is 8.24. The van der Waals surface area contributed by atoms with Crippen molar-refractivity contribution in [1.82, 2.24) is 10.6 Å². The fraction of sp³-hybridized carbons (Fsp3) is 0.938. The Morgan fingerprint density at radius 1 is 1.19 bits per heavy atom. The van der Waals surface area contributed by atoms with Crippen LogP contribution >= 0.6 is 0 Å². The Labute approximate surface area is 127 Å². The molecule has 0 aromatic carbocycles. The molecule has 2 saturated carbocycles. The summed E-state index contributed by atoms with van der Waals surface area (Å²) < 4.78 is 5.26. The highest BCUT2D eigenvalue weighted by atomic mass is 16.6. The first-order valence-electron chi connectivity index (χ1n) is 8.24. The standard InChI is InChI=1S/C16H30N2O3/c1-16(2,3)21-15(20)18-13-8-12(9-13)17-14-7-5-4-6-11(14)10-19/h11-14,17,19H,4-10H2,1-3H3,(H,18,20). The first-order chi connectivity index (χ1) is 9.87. The van der Waals surface area contributed by atoms with Crippen LogP contribution in [0.25, 0.3) is 0 Å². The van der Waals surface area contributed by atoms with Gasteiger partial charge in [0.2, 0.25) is 0 Å². The van der Waals surface area contributed by atoms with E-state index < -0.39 is 5.60 Å². The molecule has 122 valence electrons. The molecular weight excluding hydrogens is 268 g/mol. The van der Waals surface area contributed by atoms with Gasteiger partial charge in [-0.3, -0.25) is 0 Å². The van der Waals surface area contributed by atoms with Gasteiger partial charge in [0.05, 0.1) is 0 Å². The molecular formula is C16H30N2O3. The number of aliphatic hydroxyl groups is 1. The lowest BCUT2D eigenvalue weighted by Crippen LogP contribution is -2.57. The SMILES string of the molecule is CC(C)(C)OC(=O)NC1CC(NC2CCCCC2CO)C1. The molecule has 5 heteroatoms. The predicted octanol–water partition coefficient (Wildman–Crippen LogP) is 2.18. The molecule has 0 heterocycles. The van der Waals surface area contributed by atoms with E-state index in [2.05, 4.69) is 10.6 Å². The summed E-state index contributed by atoms with van der Waals surface area (Å²) in [6.45, 7) is 5.89. The van der Waals surface area contributed by atoms with Gasteiger partial charge in [0, 0.05) is 24.7 Å². The molecule has 2 fully saturated rings. The number of amides is 1. The summed E-state index contributed by atoms with van der Waals surface area (Å²) in [6.07, 6.45) is 6.35. The largest absolute Gasteiger partial charge is 0.444 e. The van der Waals surface area contributed by atoms with E-state index in [0.717, 1.165) is 25.7 Å². The van der Waals surface area contributed by atoms with Crippen molar-refractivity contribution in [3.05, 3.63) is 0 Å². The van der Waals surface area contributed by atoms with E-state index in [-0.39, 0.29) is 18.7 Å². The van der Waals surface area contributed by atoms with Crippen LogP contribution in [-0.2, 0) is 4.74 Å². The van der Waals surface area contributed by atoms with Gasteiger partial charge < -0.3 is 20.5 Å². The number of rotatable bonds is 4. The quantitative estimate of drug-likeness (QED) is 0.744. The van der Waals surface area contributed by atoms with Crippen molar-refractivity contribution >= 4 is 6.09 Å². The highest BCUT2D eigenvalue weighted by Gasteiger charge is 2.35. The maximum absolute atomic E-state index is 11.7. The minimum Gasteiger partial charge on any atom is -0.444 e. The van der Waals surface area contributed by atoms with Crippen LogP contribution in [0.2, 0.25) is 0 Å². The maximum atomic E-state index is 11.7. The van der Waals surface area contributed by atoms with Crippen LogP contribution in [0.3, 0.4) is 0 Å². The second-order valence-electron chi connectivity index (χ2n) is 7.51. The van der Waals surface area contributed by atoms with E-state index in [1.54, 1.807) is 0 Å². The zero-order chi connectivity index (χ0) is 15.5. The highest BCUT2D eigenvalue weighted by molar-refractivity contribution is 5.68. The summed E-state index contributed by atoms with van der Waals surface area (Å²) in [6, 6.07) is 1.12. The molecule has 1 amide bonds. The number of hydrogen-bond donors (Lipinski definition) is 3. The number of carbonyl (C=O) groups excluding carboxylic acids is 1. The Morgan fingerprint density at radius 3 is 2.48 bits per heavy atom. The van der Waals surface area contributed by atoms with Crippen molar-refractivity contribution in [3.8, 4) is 0 Å². The van der Waals surface area contributed by atoms with Gasteiger partial charge in [-0.1, -0.05) is 12.8 Å². The Balaban J connectivity index is 1.66. The lowest BCUT2D eigenvalue weighted by molar-refractivity contribution is 0.0455. The normalized spacial score (nSPS) is 33.1. The van der Waals surface area contributed by atoms with Crippen molar-refractivity contribution in [2.45, 2.75) is 83.0 Å². The molecule has 5 nitrogen and oxygen atoms in total. The van der Waals surface area contributed by atoms with Crippen LogP contribution in [0.1, 0.15) is 59.3 Å². The van der Waals surface area contributed by atoms with Crippen LogP contribution in [0, 0.1) is 5.92 Å². The Hall–Kier alpha value is -0.810. The van der Waals surface area contributed by atoms with E-state index in [0.29, 0.717) is 18.0 Å². The third kappa shape index (κ3) is 5.15. The van der Waals surface area contributed by atoms with Crippen molar-refractivity contribution in [3.63, 3.8) is 0 Å². The topological polar surface area (TPSA) is 70.6 Å². The van der Waals surface area contributed by atoms with Crippen LogP contribution < -0.4 is 10.6 Å². The monoisotopic (exact) mass is 298 g/mol. The van der Waals surface area contributed by atoms with Crippen molar-refractivity contribution in [1.29, 1.82) is 0 Å². The summed E-state index contributed by atoms with van der Waals surface area (Å²) in [5, 5.41) is 16.0. The molecule has 3 N–H and O–H groups in total. The molecule has 2 unspecified atom stereocenters. The molecule has 0 bridgehead atoms. The van der Waals surface area contributed by atoms with Crippen LogP contribution in [0.15, 0.2) is 0 Å². The zero-order valence-electron chi connectivity index (χ0n) is 13.5. The average molecular weight is 298 g/mol. The summed E-state index contributed by atoms with van der Waals surface area (Å²) in [5.74, 6) is 0.400. The number of aliphatic hydroxyl groups excluding tert-OH is 1. The molecule has 21 heavy (non-hydrogen) atoms. The number of carbonyl (C=O) groups is 1. The third-order valence-corrected chi connectivity index (χ3v) is 4.45. The molecule has 2 aliphatic rings. The van der Waals surface area contributed by atoms with E-state index in [9.17, 15) is 9.90 Å². The zero-order valence-corrected chi connectivity index (χ0v) is 13.5. The van der Waals surface area contributed by atoms with Gasteiger partial charge in [-0.15, -0.1) is 0 Å². The van der Waals surface area contributed by atoms with Gasteiger partial charge in [0.1, 0.15) is 5.60 Å². The fourth-order valence-electron chi connectivity index (χ4n) is 3.29. The number of alkyl carbamates (subject to hydrolysis) is 1. The second-order valence-corrected chi connectivity index (χ2v) is 7.51. The van der Waals surface area contributed by atoms with Crippen molar-refractivity contribution < 1.29 is 14.6 Å². The van der Waals surface area contributed by atoms with Gasteiger partial charge in [-0.25, -0.2) is 4.79 Å². The highest BCUT2D eigenvalue weighted by Crippen LogP contribution is 2.28. The minimum atomic E-state index is -0.443. The van der Waals surface area contributed by atoms with Gasteiger partial charge in [0.25, 0.3) is 0 Å². The lowest BCUT2D eigenvalue weighted by Gasteiger charge is -2.41. The summed E-state index contributed by atoms with van der Waals surface area (Å²) in [7, 11) is 0. The Kier molecular flexibility index (Phi) is 5.49. The van der Waals surface area contributed by atoms with Gasteiger partial charge in [-0.05, 0) is 52.4 Å². The number of ether oxygens (including phenoxy) is 1. The molecule has 2 aliphatic carbocycles. The third-order valence-electron chi connectivity index (χ3n) is 4.45. The lowest BCUT2D eigenvalue weighted by atomic mass is 9.81.